The van der Waals surface area contributed by atoms with Crippen molar-refractivity contribution in [2.24, 2.45) is 0 Å². The number of para-hydroxylation sites is 1. The Balaban J connectivity index is 1.82. The topological polar surface area (TPSA) is 56.5 Å². The number of nitrogens with zero attached hydrogens (tertiary/aromatic N) is 3. The van der Waals surface area contributed by atoms with Crippen LogP contribution in [0.2, 0.25) is 0 Å². The Morgan fingerprint density at radius 3 is 2.64 bits per heavy atom. The average molecular weight is 353 g/mol. The first-order valence-corrected chi connectivity index (χ1v) is 8.27. The van der Waals surface area contributed by atoms with Crippen molar-refractivity contribution in [2.45, 2.75) is 0 Å². The highest BCUT2D eigenvalue weighted by Crippen LogP contribution is 2.27. The van der Waals surface area contributed by atoms with Gasteiger partial charge in [0.1, 0.15) is 11.6 Å². The van der Waals surface area contributed by atoms with Gasteiger partial charge in [-0.1, -0.05) is 35.6 Å². The van der Waals surface area contributed by atoms with E-state index in [0.29, 0.717) is 21.1 Å². The van der Waals surface area contributed by atoms with Crippen LogP contribution >= 0.6 is 11.3 Å². The summed E-state index contributed by atoms with van der Waals surface area (Å²) >= 11 is 1.24. The average Bonchev–Trinajstić information content (AvgIpc) is 3.17. The van der Waals surface area contributed by atoms with Gasteiger partial charge in [-0.3, -0.25) is 4.79 Å². The summed E-state index contributed by atoms with van der Waals surface area (Å²) in [5, 5.41) is 4.31. The molecule has 0 aliphatic rings. The Hall–Kier alpha value is -3.06. The largest absolute Gasteiger partial charge is 0.496 e. The lowest BCUT2D eigenvalue weighted by atomic mass is 10.2. The third-order valence-electron chi connectivity index (χ3n) is 3.70. The number of fused-ring (bicyclic) bond motifs is 1. The van der Waals surface area contributed by atoms with E-state index in [-0.39, 0.29) is 11.4 Å². The predicted octanol–water partition coefficient (Wildman–Crippen LogP) is 2.51. The van der Waals surface area contributed by atoms with Crippen LogP contribution in [0.15, 0.2) is 53.3 Å². The molecule has 4 aromatic rings. The molecule has 0 spiro atoms. The molecule has 124 valence electrons. The number of aromatic nitrogens is 3. The zero-order chi connectivity index (χ0) is 17.4. The number of benzene rings is 2. The van der Waals surface area contributed by atoms with Crippen LogP contribution in [0.3, 0.4) is 0 Å². The molecule has 0 atom stereocenters. The number of rotatable bonds is 3. The van der Waals surface area contributed by atoms with Crippen molar-refractivity contribution in [1.29, 1.82) is 0 Å². The molecule has 4 rings (SSSR count). The van der Waals surface area contributed by atoms with Crippen molar-refractivity contribution in [2.75, 3.05) is 7.11 Å². The summed E-state index contributed by atoms with van der Waals surface area (Å²) in [6.45, 7) is 0. The molecule has 0 amide bonds. The lowest BCUT2D eigenvalue weighted by molar-refractivity contribution is 0.416. The van der Waals surface area contributed by atoms with Crippen molar-refractivity contribution in [3.8, 4) is 17.1 Å². The second-order valence-corrected chi connectivity index (χ2v) is 6.31. The first-order chi connectivity index (χ1) is 12.2. The van der Waals surface area contributed by atoms with E-state index in [1.165, 1.54) is 28.0 Å². The highest BCUT2D eigenvalue weighted by molar-refractivity contribution is 7.15. The summed E-state index contributed by atoms with van der Waals surface area (Å²) in [4.78, 5) is 17.5. The van der Waals surface area contributed by atoms with Crippen LogP contribution < -0.4 is 14.8 Å². The molecule has 2 aromatic heterocycles. The van der Waals surface area contributed by atoms with Crippen LogP contribution in [0.1, 0.15) is 5.56 Å². The van der Waals surface area contributed by atoms with Crippen molar-refractivity contribution in [1.82, 2.24) is 14.6 Å². The fraction of sp³-hybridized carbons (Fsp3) is 0.0556. The highest BCUT2D eigenvalue weighted by Gasteiger charge is 2.14. The summed E-state index contributed by atoms with van der Waals surface area (Å²) in [5.41, 5.74) is 1.22. The van der Waals surface area contributed by atoms with Gasteiger partial charge >= 0.3 is 0 Å². The first-order valence-electron chi connectivity index (χ1n) is 7.46. The molecular formula is C18H12FN3O2S. The van der Waals surface area contributed by atoms with Gasteiger partial charge in [0.15, 0.2) is 5.82 Å². The van der Waals surface area contributed by atoms with Crippen LogP contribution in [-0.4, -0.2) is 21.7 Å². The Bertz CT molecular complexity index is 1170. The van der Waals surface area contributed by atoms with Crippen LogP contribution in [0, 0.1) is 5.82 Å². The fourth-order valence-corrected chi connectivity index (χ4v) is 3.40. The summed E-state index contributed by atoms with van der Waals surface area (Å²) < 4.78 is 20.1. The van der Waals surface area contributed by atoms with Gasteiger partial charge in [0.05, 0.1) is 17.2 Å². The van der Waals surface area contributed by atoms with E-state index in [9.17, 15) is 9.18 Å². The van der Waals surface area contributed by atoms with E-state index in [4.69, 9.17) is 4.74 Å². The Kier molecular flexibility index (Phi) is 3.77. The maximum absolute atomic E-state index is 13.0. The van der Waals surface area contributed by atoms with Crippen LogP contribution in [-0.2, 0) is 0 Å². The molecule has 0 bridgehead atoms. The first kappa shape index (κ1) is 15.5. The Morgan fingerprint density at radius 1 is 1.16 bits per heavy atom. The molecule has 0 saturated carbocycles. The summed E-state index contributed by atoms with van der Waals surface area (Å²) in [5.74, 6) is 0.768. The summed E-state index contributed by atoms with van der Waals surface area (Å²) in [6.07, 6.45) is 1.70. The van der Waals surface area contributed by atoms with Gasteiger partial charge in [-0.25, -0.2) is 4.39 Å². The number of methoxy groups -OCH3 is 1. The molecule has 0 aliphatic heterocycles. The lowest BCUT2D eigenvalue weighted by Crippen LogP contribution is -2.23. The zero-order valence-corrected chi connectivity index (χ0v) is 14.0. The second kappa shape index (κ2) is 6.10. The quantitative estimate of drug-likeness (QED) is 0.568. The third kappa shape index (κ3) is 2.78. The van der Waals surface area contributed by atoms with Crippen molar-refractivity contribution < 1.29 is 9.13 Å². The molecule has 2 aromatic carbocycles. The predicted molar refractivity (Wildman–Crippen MR) is 94.3 cm³/mol. The van der Waals surface area contributed by atoms with E-state index in [1.54, 1.807) is 25.3 Å². The van der Waals surface area contributed by atoms with Gasteiger partial charge in [0.25, 0.3) is 5.56 Å². The number of hydrogen-bond donors (Lipinski definition) is 0. The van der Waals surface area contributed by atoms with E-state index >= 15 is 0 Å². The van der Waals surface area contributed by atoms with Crippen molar-refractivity contribution in [3.63, 3.8) is 0 Å². The van der Waals surface area contributed by atoms with Crippen LogP contribution in [0.25, 0.3) is 22.4 Å². The monoisotopic (exact) mass is 353 g/mol. The molecule has 0 unspecified atom stereocenters. The van der Waals surface area contributed by atoms with E-state index in [1.807, 2.05) is 24.3 Å². The summed E-state index contributed by atoms with van der Waals surface area (Å²) in [6, 6.07) is 13.3. The van der Waals surface area contributed by atoms with Gasteiger partial charge in [0.2, 0.25) is 4.96 Å². The fourth-order valence-electron chi connectivity index (χ4n) is 2.49. The Labute approximate surface area is 145 Å². The van der Waals surface area contributed by atoms with Gasteiger partial charge in [-0.2, -0.15) is 9.50 Å². The van der Waals surface area contributed by atoms with E-state index < -0.39 is 0 Å². The van der Waals surface area contributed by atoms with Crippen LogP contribution in [0.4, 0.5) is 4.39 Å². The maximum Gasteiger partial charge on any atom is 0.291 e. The minimum Gasteiger partial charge on any atom is -0.496 e. The standard InChI is InChI=1S/C18H12FN3O2S/c1-24-14-5-3-2-4-13(14)16-20-18-22(21-16)17(23)15(25-18)10-11-6-8-12(19)9-7-11/h2-10H,1H3/b15-10-. The molecular weight excluding hydrogens is 341 g/mol. The molecule has 7 heteroatoms. The van der Waals surface area contributed by atoms with Crippen LogP contribution in [0.5, 0.6) is 5.75 Å². The number of halogens is 1. The maximum atomic E-state index is 13.0. The lowest BCUT2D eigenvalue weighted by Gasteiger charge is -2.03. The smallest absolute Gasteiger partial charge is 0.291 e. The SMILES string of the molecule is COc1ccccc1-c1nc2s/c(=C\c3ccc(F)cc3)c(=O)n2n1. The number of ether oxygens (including phenoxy) is 1. The molecule has 5 nitrogen and oxygen atoms in total. The minimum atomic E-state index is -0.316. The van der Waals surface area contributed by atoms with E-state index in [0.717, 1.165) is 11.1 Å². The van der Waals surface area contributed by atoms with Gasteiger partial charge < -0.3 is 4.74 Å². The number of hydrogen-bond acceptors (Lipinski definition) is 5. The molecule has 0 aliphatic carbocycles. The molecule has 0 fully saturated rings. The zero-order valence-electron chi connectivity index (χ0n) is 13.1. The summed E-state index contributed by atoms with van der Waals surface area (Å²) in [7, 11) is 1.58. The molecule has 0 radical (unpaired) electrons. The second-order valence-electron chi connectivity index (χ2n) is 5.30. The van der Waals surface area contributed by atoms with Crippen molar-refractivity contribution in [3.05, 3.63) is 74.8 Å². The minimum absolute atomic E-state index is 0.252. The number of thiazole rings is 1. The normalized spacial score (nSPS) is 12.0. The van der Waals surface area contributed by atoms with Crippen molar-refractivity contribution >= 4 is 22.4 Å². The molecule has 0 saturated heterocycles. The Morgan fingerprint density at radius 2 is 1.92 bits per heavy atom. The van der Waals surface area contributed by atoms with Gasteiger partial charge in [0, 0.05) is 0 Å². The van der Waals surface area contributed by atoms with Gasteiger partial charge in [-0.15, -0.1) is 5.10 Å². The molecule has 0 N–H and O–H groups in total. The third-order valence-corrected chi connectivity index (χ3v) is 4.66. The van der Waals surface area contributed by atoms with Gasteiger partial charge in [-0.05, 0) is 35.9 Å². The molecule has 2 heterocycles. The molecule has 25 heavy (non-hydrogen) atoms. The highest BCUT2D eigenvalue weighted by atomic mass is 32.1. The van der Waals surface area contributed by atoms with E-state index in [2.05, 4.69) is 10.1 Å².